The zero-order chi connectivity index (χ0) is 14.0. The second kappa shape index (κ2) is 5.36. The number of amides is 1. The fourth-order valence-electron chi connectivity index (χ4n) is 2.20. The van der Waals surface area contributed by atoms with Crippen LogP contribution in [0.15, 0.2) is 18.2 Å². The van der Waals surface area contributed by atoms with E-state index in [-0.39, 0.29) is 12.5 Å². The lowest BCUT2D eigenvalue weighted by Gasteiger charge is -2.18. The van der Waals surface area contributed by atoms with Gasteiger partial charge in [0.2, 0.25) is 5.91 Å². The van der Waals surface area contributed by atoms with Crippen molar-refractivity contribution >= 4 is 28.9 Å². The van der Waals surface area contributed by atoms with Gasteiger partial charge in [-0.05, 0) is 31.5 Å². The third-order valence-corrected chi connectivity index (χ3v) is 3.42. The lowest BCUT2D eigenvalue weighted by atomic mass is 10.1. The van der Waals surface area contributed by atoms with Gasteiger partial charge in [0, 0.05) is 18.1 Å². The van der Waals surface area contributed by atoms with Gasteiger partial charge in [-0.2, -0.15) is 0 Å². The number of β-amino-alcohol motifs (C(OH)–C–C–N with tert-alkyl or cyclic N) is 1. The van der Waals surface area contributed by atoms with Crippen LogP contribution in [0.25, 0.3) is 0 Å². The Labute approximate surface area is 117 Å². The Kier molecular flexibility index (Phi) is 3.99. The van der Waals surface area contributed by atoms with E-state index in [0.717, 1.165) is 0 Å². The first kappa shape index (κ1) is 14.1. The van der Waals surface area contributed by atoms with E-state index in [1.165, 1.54) is 0 Å². The van der Waals surface area contributed by atoms with E-state index in [9.17, 15) is 9.90 Å². The lowest BCUT2D eigenvalue weighted by molar-refractivity contribution is -0.117. The number of halogens is 1. The number of nitrogens with two attached hydrogens (primary N) is 1. The molecule has 0 spiro atoms. The predicted molar refractivity (Wildman–Crippen MR) is 76.2 cm³/mol. The highest BCUT2D eigenvalue weighted by molar-refractivity contribution is 6.31. The molecule has 1 unspecified atom stereocenters. The Morgan fingerprint density at radius 1 is 1.63 bits per heavy atom. The minimum Gasteiger partial charge on any atom is -0.397 e. The van der Waals surface area contributed by atoms with Gasteiger partial charge in [-0.15, -0.1) is 0 Å². The molecule has 1 aliphatic heterocycles. The number of rotatable bonds is 3. The molecule has 0 aromatic heterocycles. The van der Waals surface area contributed by atoms with Gasteiger partial charge < -0.3 is 16.2 Å². The quantitative estimate of drug-likeness (QED) is 0.731. The van der Waals surface area contributed by atoms with Gasteiger partial charge in [0.25, 0.3) is 0 Å². The number of carbonyl (C=O) groups excluding carboxylic acids is 1. The van der Waals surface area contributed by atoms with Gasteiger partial charge in [0.05, 0.1) is 23.5 Å². The standard InChI is InChI=1S/C13H18ClN3O2/c1-13(19)4-5-17(8-13)7-12(18)16-11-6-9(14)2-3-10(11)15/h2-3,6,19H,4-5,7-8,15H2,1H3,(H,16,18). The second-order valence-electron chi connectivity index (χ2n) is 5.24. The van der Waals surface area contributed by atoms with E-state index in [1.807, 2.05) is 4.90 Å². The van der Waals surface area contributed by atoms with Gasteiger partial charge >= 0.3 is 0 Å². The first-order valence-corrected chi connectivity index (χ1v) is 6.53. The van der Waals surface area contributed by atoms with Gasteiger partial charge in [0.1, 0.15) is 0 Å². The predicted octanol–water partition coefficient (Wildman–Crippen LogP) is 1.32. The van der Waals surface area contributed by atoms with Gasteiger partial charge in [-0.3, -0.25) is 9.69 Å². The molecule has 0 saturated carbocycles. The van der Waals surface area contributed by atoms with Gasteiger partial charge in [-0.25, -0.2) is 0 Å². The summed E-state index contributed by atoms with van der Waals surface area (Å²) in [5.74, 6) is -0.160. The molecule has 0 aliphatic carbocycles. The first-order chi connectivity index (χ1) is 8.85. The van der Waals surface area contributed by atoms with Crippen LogP contribution in [0.1, 0.15) is 13.3 Å². The van der Waals surface area contributed by atoms with Crippen LogP contribution in [-0.2, 0) is 4.79 Å². The molecular formula is C13H18ClN3O2. The summed E-state index contributed by atoms with van der Waals surface area (Å²) in [6.45, 7) is 3.23. The normalized spacial score (nSPS) is 23.5. The van der Waals surface area contributed by atoms with Gasteiger partial charge in [-0.1, -0.05) is 11.6 Å². The zero-order valence-electron chi connectivity index (χ0n) is 10.8. The first-order valence-electron chi connectivity index (χ1n) is 6.15. The molecule has 5 nitrogen and oxygen atoms in total. The van der Waals surface area contributed by atoms with Crippen LogP contribution >= 0.6 is 11.6 Å². The third kappa shape index (κ3) is 3.83. The molecule has 1 aliphatic rings. The topological polar surface area (TPSA) is 78.6 Å². The van der Waals surface area contributed by atoms with Crippen molar-refractivity contribution in [3.8, 4) is 0 Å². The number of likely N-dealkylation sites (tertiary alicyclic amines) is 1. The molecule has 104 valence electrons. The Balaban J connectivity index is 1.93. The number of hydrogen-bond acceptors (Lipinski definition) is 4. The van der Waals surface area contributed by atoms with E-state index in [4.69, 9.17) is 17.3 Å². The minimum absolute atomic E-state index is 0.160. The van der Waals surface area contributed by atoms with E-state index in [0.29, 0.717) is 35.9 Å². The Morgan fingerprint density at radius 2 is 2.37 bits per heavy atom. The summed E-state index contributed by atoms with van der Waals surface area (Å²) < 4.78 is 0. The summed E-state index contributed by atoms with van der Waals surface area (Å²) in [7, 11) is 0. The number of anilines is 2. The van der Waals surface area contributed by atoms with Crippen LogP contribution in [0.3, 0.4) is 0 Å². The smallest absolute Gasteiger partial charge is 0.238 e. The van der Waals surface area contributed by atoms with Crippen molar-refractivity contribution in [2.24, 2.45) is 0 Å². The maximum Gasteiger partial charge on any atom is 0.238 e. The molecule has 0 bridgehead atoms. The third-order valence-electron chi connectivity index (χ3n) is 3.19. The molecule has 1 saturated heterocycles. The summed E-state index contributed by atoms with van der Waals surface area (Å²) in [5.41, 5.74) is 6.06. The SMILES string of the molecule is CC1(O)CCN(CC(=O)Nc2cc(Cl)ccc2N)C1. The van der Waals surface area contributed by atoms with Crippen LogP contribution in [-0.4, -0.2) is 41.1 Å². The molecule has 1 aromatic carbocycles. The van der Waals surface area contributed by atoms with Crippen molar-refractivity contribution in [3.05, 3.63) is 23.2 Å². The number of nitrogens with zero attached hydrogens (tertiary/aromatic N) is 1. The summed E-state index contributed by atoms with van der Waals surface area (Å²) in [4.78, 5) is 13.8. The molecule has 2 rings (SSSR count). The Hall–Kier alpha value is -1.30. The average Bonchev–Trinajstić information content (AvgIpc) is 2.63. The highest BCUT2D eigenvalue weighted by atomic mass is 35.5. The Bertz CT molecular complexity index is 491. The number of aliphatic hydroxyl groups is 1. The fraction of sp³-hybridized carbons (Fsp3) is 0.462. The molecule has 6 heteroatoms. The molecule has 1 fully saturated rings. The lowest BCUT2D eigenvalue weighted by Crippen LogP contribution is -2.35. The monoisotopic (exact) mass is 283 g/mol. The van der Waals surface area contributed by atoms with Crippen molar-refractivity contribution in [3.63, 3.8) is 0 Å². The molecular weight excluding hydrogens is 266 g/mol. The molecule has 4 N–H and O–H groups in total. The van der Waals surface area contributed by atoms with Crippen molar-refractivity contribution < 1.29 is 9.90 Å². The summed E-state index contributed by atoms with van der Waals surface area (Å²) in [5, 5.41) is 13.1. The summed E-state index contributed by atoms with van der Waals surface area (Å²) in [6.07, 6.45) is 0.680. The van der Waals surface area contributed by atoms with Crippen molar-refractivity contribution in [2.75, 3.05) is 30.7 Å². The number of benzene rings is 1. The van der Waals surface area contributed by atoms with Crippen LogP contribution < -0.4 is 11.1 Å². The summed E-state index contributed by atoms with van der Waals surface area (Å²) >= 11 is 5.86. The number of nitrogens with one attached hydrogen (secondary N) is 1. The van der Waals surface area contributed by atoms with E-state index in [2.05, 4.69) is 5.32 Å². The van der Waals surface area contributed by atoms with Gasteiger partial charge in [0.15, 0.2) is 0 Å². The van der Waals surface area contributed by atoms with E-state index >= 15 is 0 Å². The molecule has 1 heterocycles. The average molecular weight is 284 g/mol. The van der Waals surface area contributed by atoms with Crippen molar-refractivity contribution in [1.82, 2.24) is 4.90 Å². The number of hydrogen-bond donors (Lipinski definition) is 3. The largest absolute Gasteiger partial charge is 0.397 e. The summed E-state index contributed by atoms with van der Waals surface area (Å²) in [6, 6.07) is 4.94. The minimum atomic E-state index is -0.699. The van der Waals surface area contributed by atoms with Crippen LogP contribution in [0.4, 0.5) is 11.4 Å². The molecule has 1 amide bonds. The highest BCUT2D eigenvalue weighted by Crippen LogP contribution is 2.23. The molecule has 0 radical (unpaired) electrons. The number of carbonyl (C=O) groups is 1. The number of nitrogen functional groups attached to an aromatic ring is 1. The van der Waals surface area contributed by atoms with Crippen LogP contribution in [0.5, 0.6) is 0 Å². The molecule has 1 atom stereocenters. The second-order valence-corrected chi connectivity index (χ2v) is 5.67. The Morgan fingerprint density at radius 3 is 3.00 bits per heavy atom. The maximum atomic E-state index is 11.9. The van der Waals surface area contributed by atoms with Crippen LogP contribution in [0.2, 0.25) is 5.02 Å². The fourth-order valence-corrected chi connectivity index (χ4v) is 2.38. The van der Waals surface area contributed by atoms with Crippen molar-refractivity contribution in [2.45, 2.75) is 18.9 Å². The van der Waals surface area contributed by atoms with Crippen LogP contribution in [0, 0.1) is 0 Å². The van der Waals surface area contributed by atoms with Crippen molar-refractivity contribution in [1.29, 1.82) is 0 Å². The maximum absolute atomic E-state index is 11.9. The molecule has 19 heavy (non-hydrogen) atoms. The molecule has 1 aromatic rings. The highest BCUT2D eigenvalue weighted by Gasteiger charge is 2.32. The van der Waals surface area contributed by atoms with E-state index in [1.54, 1.807) is 25.1 Å². The zero-order valence-corrected chi connectivity index (χ0v) is 11.6. The van der Waals surface area contributed by atoms with E-state index < -0.39 is 5.60 Å².